The minimum atomic E-state index is -0.630. The van der Waals surface area contributed by atoms with Crippen LogP contribution in [0.3, 0.4) is 0 Å². The van der Waals surface area contributed by atoms with Gasteiger partial charge in [0.15, 0.2) is 0 Å². The van der Waals surface area contributed by atoms with Gasteiger partial charge in [-0.15, -0.1) is 0 Å². The number of hydrogen-bond donors (Lipinski definition) is 3. The number of carbonyl (C=O) groups excluding carboxylic acids is 1. The first-order chi connectivity index (χ1) is 7.43. The van der Waals surface area contributed by atoms with Gasteiger partial charge in [-0.1, -0.05) is 18.3 Å². The molecule has 16 heavy (non-hydrogen) atoms. The number of hydrogen-bond acceptors (Lipinski definition) is 3. The SMILES string of the molecule is CC(Nc1cccc(F)c1C(N)=S)C(N)=O. The molecule has 1 aromatic carbocycles. The second kappa shape index (κ2) is 4.89. The summed E-state index contributed by atoms with van der Waals surface area (Å²) in [6, 6.07) is 3.69. The van der Waals surface area contributed by atoms with Gasteiger partial charge in [0.2, 0.25) is 5.91 Å². The number of thiocarbonyl (C=S) groups is 1. The lowest BCUT2D eigenvalue weighted by Gasteiger charge is -2.15. The van der Waals surface area contributed by atoms with Crippen LogP contribution in [0, 0.1) is 5.82 Å². The Bertz CT molecular complexity index is 436. The van der Waals surface area contributed by atoms with Crippen molar-refractivity contribution in [3.8, 4) is 0 Å². The van der Waals surface area contributed by atoms with Crippen molar-refractivity contribution in [3.63, 3.8) is 0 Å². The fourth-order valence-corrected chi connectivity index (χ4v) is 1.41. The number of rotatable bonds is 4. The first-order valence-corrected chi connectivity index (χ1v) is 4.98. The Hall–Kier alpha value is -1.69. The van der Waals surface area contributed by atoms with Gasteiger partial charge in [0.25, 0.3) is 0 Å². The molecule has 5 N–H and O–H groups in total. The fourth-order valence-electron chi connectivity index (χ4n) is 1.20. The van der Waals surface area contributed by atoms with Gasteiger partial charge in [-0.2, -0.15) is 0 Å². The summed E-state index contributed by atoms with van der Waals surface area (Å²) in [4.78, 5) is 10.8. The highest BCUT2D eigenvalue weighted by Gasteiger charge is 2.14. The zero-order valence-electron chi connectivity index (χ0n) is 8.66. The first kappa shape index (κ1) is 12.4. The van der Waals surface area contributed by atoms with Gasteiger partial charge < -0.3 is 16.8 Å². The normalized spacial score (nSPS) is 11.9. The molecule has 0 spiro atoms. The number of halogens is 1. The van der Waals surface area contributed by atoms with E-state index in [0.717, 1.165) is 0 Å². The Morgan fingerprint density at radius 3 is 2.62 bits per heavy atom. The molecule has 0 aliphatic heterocycles. The summed E-state index contributed by atoms with van der Waals surface area (Å²) in [6.45, 7) is 1.57. The van der Waals surface area contributed by atoms with Gasteiger partial charge in [-0.05, 0) is 19.1 Å². The van der Waals surface area contributed by atoms with Crippen LogP contribution in [0.1, 0.15) is 12.5 Å². The lowest BCUT2D eigenvalue weighted by molar-refractivity contribution is -0.118. The van der Waals surface area contributed by atoms with E-state index in [1.807, 2.05) is 0 Å². The number of nitrogens with one attached hydrogen (secondary N) is 1. The summed E-state index contributed by atoms with van der Waals surface area (Å²) in [5, 5.41) is 2.75. The summed E-state index contributed by atoms with van der Waals surface area (Å²) in [7, 11) is 0. The highest BCUT2D eigenvalue weighted by molar-refractivity contribution is 7.80. The average Bonchev–Trinajstić information content (AvgIpc) is 2.16. The van der Waals surface area contributed by atoms with Crippen molar-refractivity contribution in [2.24, 2.45) is 11.5 Å². The molecule has 0 heterocycles. The van der Waals surface area contributed by atoms with Gasteiger partial charge >= 0.3 is 0 Å². The van der Waals surface area contributed by atoms with Crippen LogP contribution in [-0.2, 0) is 4.79 Å². The molecule has 1 rings (SSSR count). The van der Waals surface area contributed by atoms with E-state index in [1.165, 1.54) is 12.1 Å². The molecule has 0 bridgehead atoms. The molecule has 0 fully saturated rings. The molecule has 86 valence electrons. The van der Waals surface area contributed by atoms with Crippen LogP contribution in [0.15, 0.2) is 18.2 Å². The zero-order valence-corrected chi connectivity index (χ0v) is 9.48. The van der Waals surface area contributed by atoms with E-state index in [1.54, 1.807) is 13.0 Å². The summed E-state index contributed by atoms with van der Waals surface area (Å²) >= 11 is 4.74. The molecular weight excluding hydrogens is 229 g/mol. The van der Waals surface area contributed by atoms with Crippen LogP contribution in [0.5, 0.6) is 0 Å². The van der Waals surface area contributed by atoms with Crippen molar-refractivity contribution in [1.29, 1.82) is 0 Å². The van der Waals surface area contributed by atoms with Crippen molar-refractivity contribution < 1.29 is 9.18 Å². The van der Waals surface area contributed by atoms with E-state index < -0.39 is 17.8 Å². The predicted molar refractivity (Wildman–Crippen MR) is 64.6 cm³/mol. The molecular formula is C10H12FN3OS. The third kappa shape index (κ3) is 2.66. The maximum absolute atomic E-state index is 13.4. The van der Waals surface area contributed by atoms with Crippen LogP contribution in [-0.4, -0.2) is 16.9 Å². The van der Waals surface area contributed by atoms with E-state index in [0.29, 0.717) is 5.69 Å². The molecule has 0 radical (unpaired) electrons. The molecule has 0 aliphatic carbocycles. The monoisotopic (exact) mass is 241 g/mol. The Balaban J connectivity index is 3.09. The van der Waals surface area contributed by atoms with Crippen molar-refractivity contribution in [2.45, 2.75) is 13.0 Å². The lowest BCUT2D eigenvalue weighted by atomic mass is 10.1. The second-order valence-corrected chi connectivity index (χ2v) is 3.73. The van der Waals surface area contributed by atoms with Crippen molar-refractivity contribution in [1.82, 2.24) is 0 Å². The molecule has 6 heteroatoms. The molecule has 1 amide bonds. The number of carbonyl (C=O) groups is 1. The minimum Gasteiger partial charge on any atom is -0.389 e. The highest BCUT2D eigenvalue weighted by atomic mass is 32.1. The number of anilines is 1. The Morgan fingerprint density at radius 1 is 1.50 bits per heavy atom. The number of primary amides is 1. The Labute approximate surface area is 97.8 Å². The summed E-state index contributed by atoms with van der Waals surface area (Å²) in [6.07, 6.45) is 0. The minimum absolute atomic E-state index is 0.0720. The summed E-state index contributed by atoms with van der Waals surface area (Å²) in [5.41, 5.74) is 10.9. The number of benzene rings is 1. The standard InChI is InChI=1S/C10H12FN3OS/c1-5(9(12)15)14-7-4-2-3-6(11)8(7)10(13)16/h2-5,14H,1H3,(H2,12,15)(H2,13,16). The Kier molecular flexibility index (Phi) is 3.78. The van der Waals surface area contributed by atoms with Gasteiger partial charge in [0, 0.05) is 5.69 Å². The molecule has 1 aromatic rings. The van der Waals surface area contributed by atoms with E-state index in [-0.39, 0.29) is 10.6 Å². The lowest BCUT2D eigenvalue weighted by Crippen LogP contribution is -2.33. The van der Waals surface area contributed by atoms with Crippen molar-refractivity contribution >= 4 is 28.8 Å². The van der Waals surface area contributed by atoms with Crippen LogP contribution in [0.25, 0.3) is 0 Å². The molecule has 0 saturated carbocycles. The molecule has 0 saturated heterocycles. The Morgan fingerprint density at radius 2 is 2.12 bits per heavy atom. The molecule has 4 nitrogen and oxygen atoms in total. The third-order valence-corrected chi connectivity index (χ3v) is 2.26. The third-order valence-electron chi connectivity index (χ3n) is 2.06. The molecule has 0 aromatic heterocycles. The van der Waals surface area contributed by atoms with Crippen LogP contribution < -0.4 is 16.8 Å². The van der Waals surface area contributed by atoms with Crippen LogP contribution >= 0.6 is 12.2 Å². The number of nitrogens with two attached hydrogens (primary N) is 2. The van der Waals surface area contributed by atoms with Gasteiger partial charge in [-0.25, -0.2) is 4.39 Å². The van der Waals surface area contributed by atoms with Gasteiger partial charge in [0.1, 0.15) is 16.8 Å². The second-order valence-electron chi connectivity index (χ2n) is 3.30. The predicted octanol–water partition coefficient (Wildman–Crippen LogP) is 0.746. The van der Waals surface area contributed by atoms with Crippen LogP contribution in [0.4, 0.5) is 10.1 Å². The maximum atomic E-state index is 13.4. The molecule has 1 atom stereocenters. The first-order valence-electron chi connectivity index (χ1n) is 4.57. The fraction of sp³-hybridized carbons (Fsp3) is 0.200. The largest absolute Gasteiger partial charge is 0.389 e. The molecule has 0 aliphatic rings. The van der Waals surface area contributed by atoms with E-state index in [2.05, 4.69) is 5.32 Å². The average molecular weight is 241 g/mol. The topological polar surface area (TPSA) is 81.1 Å². The number of amides is 1. The zero-order chi connectivity index (χ0) is 12.3. The van der Waals surface area contributed by atoms with Crippen molar-refractivity contribution in [2.75, 3.05) is 5.32 Å². The highest BCUT2D eigenvalue weighted by Crippen LogP contribution is 2.19. The quantitative estimate of drug-likeness (QED) is 0.679. The van der Waals surface area contributed by atoms with Crippen LogP contribution in [0.2, 0.25) is 0 Å². The molecule has 1 unspecified atom stereocenters. The van der Waals surface area contributed by atoms with Gasteiger partial charge in [0.05, 0.1) is 5.56 Å². The maximum Gasteiger partial charge on any atom is 0.239 e. The summed E-state index contributed by atoms with van der Waals surface area (Å²) in [5.74, 6) is -1.08. The van der Waals surface area contributed by atoms with E-state index in [9.17, 15) is 9.18 Å². The van der Waals surface area contributed by atoms with Crippen molar-refractivity contribution in [3.05, 3.63) is 29.6 Å². The smallest absolute Gasteiger partial charge is 0.239 e. The van der Waals surface area contributed by atoms with Gasteiger partial charge in [-0.3, -0.25) is 4.79 Å². The summed E-state index contributed by atoms with van der Waals surface area (Å²) < 4.78 is 13.4. The van der Waals surface area contributed by atoms with E-state index in [4.69, 9.17) is 23.7 Å². The van der Waals surface area contributed by atoms with E-state index >= 15 is 0 Å².